The van der Waals surface area contributed by atoms with Crippen LogP contribution in [0.2, 0.25) is 0 Å². The molecule has 0 saturated carbocycles. The highest BCUT2D eigenvalue weighted by Gasteiger charge is 2.44. The largest absolute Gasteiger partial charge is 0.493 e. The Labute approximate surface area is 200 Å². The average Bonchev–Trinajstić information content (AvgIpc) is 3.23. The van der Waals surface area contributed by atoms with Crippen molar-refractivity contribution in [2.75, 3.05) is 34.0 Å². The highest BCUT2D eigenvalue weighted by atomic mass is 16.6. The van der Waals surface area contributed by atoms with Crippen molar-refractivity contribution in [3.05, 3.63) is 59.7 Å². The van der Waals surface area contributed by atoms with Gasteiger partial charge in [0.1, 0.15) is 12.6 Å². The zero-order valence-corrected chi connectivity index (χ0v) is 20.1. The number of cyclic esters (lactones) is 1. The lowest BCUT2D eigenvalue weighted by Crippen LogP contribution is -2.42. The number of ether oxygens (including phenoxy) is 4. The lowest BCUT2D eigenvalue weighted by molar-refractivity contribution is -0.139. The predicted octanol–water partition coefficient (Wildman–Crippen LogP) is 4.14. The van der Waals surface area contributed by atoms with Crippen LogP contribution in [0.15, 0.2) is 48.5 Å². The van der Waals surface area contributed by atoms with Gasteiger partial charge < -0.3 is 24.1 Å². The van der Waals surface area contributed by atoms with E-state index in [0.717, 1.165) is 10.5 Å². The first-order chi connectivity index (χ1) is 16.4. The van der Waals surface area contributed by atoms with Gasteiger partial charge in [-0.3, -0.25) is 4.79 Å². The second-order valence-corrected chi connectivity index (χ2v) is 8.53. The fourth-order valence-electron chi connectivity index (χ4n) is 4.11. The SMILES string of the molecule is COCCCOc1cc(C(O)[C@@H](C(=O)N2C(=O)OCC2c2ccccc2)C(C)C)ccc1OC. The minimum atomic E-state index is -1.16. The van der Waals surface area contributed by atoms with Crippen LogP contribution in [0, 0.1) is 11.8 Å². The molecule has 2 unspecified atom stereocenters. The van der Waals surface area contributed by atoms with Crippen LogP contribution in [0.25, 0.3) is 0 Å². The molecule has 1 heterocycles. The summed E-state index contributed by atoms with van der Waals surface area (Å²) in [4.78, 5) is 27.3. The molecule has 0 spiro atoms. The molecule has 1 fully saturated rings. The molecule has 1 N–H and O–H groups in total. The molecule has 0 radical (unpaired) electrons. The summed E-state index contributed by atoms with van der Waals surface area (Å²) in [5.74, 6) is -0.606. The molecule has 1 aliphatic rings. The number of carbonyl (C=O) groups excluding carboxylic acids is 2. The Hall–Kier alpha value is -3.10. The lowest BCUT2D eigenvalue weighted by atomic mass is 9.84. The number of nitrogens with zero attached hydrogens (tertiary/aromatic N) is 1. The van der Waals surface area contributed by atoms with Crippen molar-refractivity contribution in [2.45, 2.75) is 32.4 Å². The van der Waals surface area contributed by atoms with Gasteiger partial charge in [0.15, 0.2) is 11.5 Å². The van der Waals surface area contributed by atoms with E-state index in [1.54, 1.807) is 25.3 Å². The number of hydrogen-bond donors (Lipinski definition) is 1. The van der Waals surface area contributed by atoms with Crippen molar-refractivity contribution < 1.29 is 33.6 Å². The first-order valence-electron chi connectivity index (χ1n) is 11.4. The van der Waals surface area contributed by atoms with Crippen LogP contribution < -0.4 is 9.47 Å². The first-order valence-corrected chi connectivity index (χ1v) is 11.4. The van der Waals surface area contributed by atoms with E-state index in [9.17, 15) is 14.7 Å². The molecular formula is C26H33NO7. The van der Waals surface area contributed by atoms with Gasteiger partial charge in [0.25, 0.3) is 0 Å². The van der Waals surface area contributed by atoms with Gasteiger partial charge in [0, 0.05) is 20.1 Å². The Morgan fingerprint density at radius 2 is 1.85 bits per heavy atom. The normalized spacial score (nSPS) is 17.4. The van der Waals surface area contributed by atoms with Crippen LogP contribution in [0.3, 0.4) is 0 Å². The Balaban J connectivity index is 1.86. The molecule has 8 nitrogen and oxygen atoms in total. The molecule has 0 aliphatic carbocycles. The first kappa shape index (κ1) is 25.5. The van der Waals surface area contributed by atoms with Gasteiger partial charge >= 0.3 is 6.09 Å². The van der Waals surface area contributed by atoms with Gasteiger partial charge in [0.05, 0.1) is 25.7 Å². The van der Waals surface area contributed by atoms with Gasteiger partial charge in [-0.2, -0.15) is 0 Å². The average molecular weight is 472 g/mol. The molecular weight excluding hydrogens is 438 g/mol. The Bertz CT molecular complexity index is 963. The highest BCUT2D eigenvalue weighted by Crippen LogP contribution is 2.38. The number of aliphatic hydroxyl groups excluding tert-OH is 1. The minimum absolute atomic E-state index is 0.0808. The maximum atomic E-state index is 13.6. The van der Waals surface area contributed by atoms with Crippen molar-refractivity contribution >= 4 is 12.0 Å². The van der Waals surface area contributed by atoms with E-state index in [2.05, 4.69) is 0 Å². The molecule has 3 atom stereocenters. The third-order valence-corrected chi connectivity index (χ3v) is 5.92. The number of hydrogen-bond acceptors (Lipinski definition) is 7. The molecule has 2 amide bonds. The summed E-state index contributed by atoms with van der Waals surface area (Å²) in [7, 11) is 3.16. The van der Waals surface area contributed by atoms with Crippen molar-refractivity contribution in [3.8, 4) is 11.5 Å². The van der Waals surface area contributed by atoms with Crippen LogP contribution >= 0.6 is 0 Å². The molecule has 184 valence electrons. The molecule has 34 heavy (non-hydrogen) atoms. The van der Waals surface area contributed by atoms with E-state index in [0.29, 0.717) is 36.7 Å². The van der Waals surface area contributed by atoms with Crippen LogP contribution in [-0.4, -0.2) is 56.0 Å². The Morgan fingerprint density at radius 3 is 2.50 bits per heavy atom. The summed E-state index contributed by atoms with van der Waals surface area (Å²) in [6.07, 6.45) is -1.17. The zero-order valence-electron chi connectivity index (χ0n) is 20.1. The van der Waals surface area contributed by atoms with Crippen molar-refractivity contribution in [1.29, 1.82) is 0 Å². The third-order valence-electron chi connectivity index (χ3n) is 5.92. The monoisotopic (exact) mass is 471 g/mol. The highest BCUT2D eigenvalue weighted by molar-refractivity contribution is 5.95. The topological polar surface area (TPSA) is 94.5 Å². The van der Waals surface area contributed by atoms with Crippen molar-refractivity contribution in [1.82, 2.24) is 4.90 Å². The summed E-state index contributed by atoms with van der Waals surface area (Å²) >= 11 is 0. The molecule has 2 aromatic rings. The zero-order chi connectivity index (χ0) is 24.7. The fraction of sp³-hybridized carbons (Fsp3) is 0.462. The van der Waals surface area contributed by atoms with E-state index in [-0.39, 0.29) is 12.5 Å². The van der Waals surface area contributed by atoms with E-state index in [1.807, 2.05) is 44.2 Å². The van der Waals surface area contributed by atoms with Gasteiger partial charge in [0.2, 0.25) is 5.91 Å². The van der Waals surface area contributed by atoms with Crippen LogP contribution in [-0.2, 0) is 14.3 Å². The lowest BCUT2D eigenvalue weighted by Gasteiger charge is -2.30. The smallest absolute Gasteiger partial charge is 0.417 e. The van der Waals surface area contributed by atoms with Gasteiger partial charge in [-0.25, -0.2) is 9.69 Å². The molecule has 0 bridgehead atoms. The fourth-order valence-corrected chi connectivity index (χ4v) is 4.11. The molecule has 2 aromatic carbocycles. The molecule has 1 saturated heterocycles. The Kier molecular flexibility index (Phi) is 8.90. The number of imide groups is 1. The molecule has 1 aliphatic heterocycles. The molecule has 0 aromatic heterocycles. The van der Waals surface area contributed by atoms with Crippen LogP contribution in [0.1, 0.15) is 43.5 Å². The maximum absolute atomic E-state index is 13.6. The summed E-state index contributed by atoms with van der Waals surface area (Å²) < 4.78 is 21.5. The van der Waals surface area contributed by atoms with Gasteiger partial charge in [-0.1, -0.05) is 50.2 Å². The summed E-state index contributed by atoms with van der Waals surface area (Å²) in [6, 6.07) is 13.8. The number of methoxy groups -OCH3 is 2. The van der Waals surface area contributed by atoms with E-state index >= 15 is 0 Å². The summed E-state index contributed by atoms with van der Waals surface area (Å²) in [6.45, 7) is 4.74. The standard InChI is InChI=1S/C26H33NO7/c1-17(2)23(25(29)27-20(16-34-26(27)30)18-9-6-5-7-10-18)24(28)19-11-12-21(32-4)22(15-19)33-14-8-13-31-3/h5-7,9-12,15,17,20,23-24,28H,8,13-14,16H2,1-4H3/t20?,23-,24?/m0/s1. The van der Waals surface area contributed by atoms with E-state index in [1.165, 1.54) is 7.11 Å². The number of benzene rings is 2. The van der Waals surface area contributed by atoms with Crippen molar-refractivity contribution in [3.63, 3.8) is 0 Å². The third kappa shape index (κ3) is 5.69. The number of amides is 2. The quantitative estimate of drug-likeness (QED) is 0.492. The minimum Gasteiger partial charge on any atom is -0.493 e. The van der Waals surface area contributed by atoms with Gasteiger partial charge in [-0.15, -0.1) is 0 Å². The number of carbonyl (C=O) groups is 2. The van der Waals surface area contributed by atoms with Crippen molar-refractivity contribution in [2.24, 2.45) is 11.8 Å². The van der Waals surface area contributed by atoms with E-state index in [4.69, 9.17) is 18.9 Å². The maximum Gasteiger partial charge on any atom is 0.417 e. The van der Waals surface area contributed by atoms with E-state index < -0.39 is 30.1 Å². The number of aliphatic hydroxyl groups is 1. The van der Waals surface area contributed by atoms with Crippen LogP contribution in [0.5, 0.6) is 11.5 Å². The summed E-state index contributed by atoms with van der Waals surface area (Å²) in [5.41, 5.74) is 1.30. The predicted molar refractivity (Wildman–Crippen MR) is 126 cm³/mol. The molecule has 3 rings (SSSR count). The molecule has 8 heteroatoms. The summed E-state index contributed by atoms with van der Waals surface area (Å²) in [5, 5.41) is 11.3. The van der Waals surface area contributed by atoms with Crippen LogP contribution in [0.4, 0.5) is 4.79 Å². The number of rotatable bonds is 11. The second kappa shape index (κ2) is 11.9. The second-order valence-electron chi connectivity index (χ2n) is 8.53. The Morgan fingerprint density at radius 1 is 1.12 bits per heavy atom. The van der Waals surface area contributed by atoms with Gasteiger partial charge in [-0.05, 0) is 29.2 Å².